The lowest BCUT2D eigenvalue weighted by Gasteiger charge is -2.35. The Hall–Kier alpha value is -3.06. The zero-order valence-corrected chi connectivity index (χ0v) is 20.5. The molecule has 0 amide bonds. The normalized spacial score (nSPS) is 13.4. The minimum absolute atomic E-state index is 0.166. The van der Waals surface area contributed by atoms with Crippen LogP contribution in [0.15, 0.2) is 59.4 Å². The van der Waals surface area contributed by atoms with Crippen molar-refractivity contribution in [3.63, 3.8) is 0 Å². The van der Waals surface area contributed by atoms with E-state index in [0.717, 1.165) is 0 Å². The van der Waals surface area contributed by atoms with Crippen molar-refractivity contribution in [2.45, 2.75) is 45.4 Å². The summed E-state index contributed by atoms with van der Waals surface area (Å²) < 4.78 is 23.4. The largest absolute Gasteiger partial charge is 0.368 e. The summed E-state index contributed by atoms with van der Waals surface area (Å²) in [7, 11) is 0. The summed E-state index contributed by atoms with van der Waals surface area (Å²) in [6.45, 7) is 8.36. The third kappa shape index (κ3) is 5.78. The number of ether oxygens (including phenoxy) is 4. The lowest BCUT2D eigenvalue weighted by Crippen LogP contribution is -2.50. The molecule has 2 aromatic carbocycles. The highest BCUT2D eigenvalue weighted by Gasteiger charge is 2.43. The highest BCUT2D eigenvalue weighted by atomic mass is 16.8. The first-order valence-corrected chi connectivity index (χ1v) is 11.8. The van der Waals surface area contributed by atoms with Crippen LogP contribution >= 0.6 is 0 Å². The minimum Gasteiger partial charge on any atom is -0.368 e. The van der Waals surface area contributed by atoms with Crippen molar-refractivity contribution in [2.75, 3.05) is 26.4 Å². The summed E-state index contributed by atoms with van der Waals surface area (Å²) in [6, 6.07) is 15.7. The van der Waals surface area contributed by atoms with Crippen LogP contribution in [0.5, 0.6) is 0 Å². The number of aromatic amines is 1. The monoisotopic (exact) mass is 480 g/mol. The first-order valence-electron chi connectivity index (χ1n) is 11.8. The number of benzene rings is 2. The SMILES string of the molecule is CCOC(OCC)C(C#CC(O)(c1ccccc1)c1nc2ccccc2[nH]c1=O)(OCC)OCC. The summed E-state index contributed by atoms with van der Waals surface area (Å²) in [6.07, 6.45) is -0.993. The van der Waals surface area contributed by atoms with Crippen LogP contribution in [0.4, 0.5) is 0 Å². The molecule has 3 aromatic rings. The molecular weight excluding hydrogens is 448 g/mol. The molecule has 0 aliphatic carbocycles. The number of aliphatic hydroxyl groups is 1. The van der Waals surface area contributed by atoms with Gasteiger partial charge in [0.05, 0.1) is 11.0 Å². The van der Waals surface area contributed by atoms with E-state index < -0.39 is 23.2 Å². The number of nitrogens with one attached hydrogen (secondary N) is 1. The number of rotatable bonds is 11. The second kappa shape index (κ2) is 12.1. The van der Waals surface area contributed by atoms with Crippen molar-refractivity contribution in [3.8, 4) is 11.8 Å². The molecule has 1 atom stereocenters. The predicted octanol–water partition coefficient (Wildman–Crippen LogP) is 3.33. The van der Waals surface area contributed by atoms with Gasteiger partial charge in [0.1, 0.15) is 0 Å². The fourth-order valence-electron chi connectivity index (χ4n) is 3.71. The van der Waals surface area contributed by atoms with Gasteiger partial charge in [0.2, 0.25) is 6.29 Å². The van der Waals surface area contributed by atoms with E-state index in [9.17, 15) is 9.90 Å². The van der Waals surface area contributed by atoms with Crippen LogP contribution in [-0.4, -0.2) is 53.6 Å². The number of H-pyrrole nitrogens is 1. The van der Waals surface area contributed by atoms with E-state index in [4.69, 9.17) is 18.9 Å². The molecule has 186 valence electrons. The third-order valence-electron chi connectivity index (χ3n) is 5.22. The van der Waals surface area contributed by atoms with Gasteiger partial charge in [-0.05, 0) is 45.7 Å². The summed E-state index contributed by atoms with van der Waals surface area (Å²) in [4.78, 5) is 20.4. The van der Waals surface area contributed by atoms with Crippen LogP contribution in [0.1, 0.15) is 39.0 Å². The van der Waals surface area contributed by atoms with Gasteiger partial charge in [-0.3, -0.25) is 4.79 Å². The number of para-hydroxylation sites is 2. The quantitative estimate of drug-likeness (QED) is 0.321. The van der Waals surface area contributed by atoms with Gasteiger partial charge in [-0.15, -0.1) is 0 Å². The molecule has 0 saturated carbocycles. The van der Waals surface area contributed by atoms with Gasteiger partial charge in [-0.1, -0.05) is 48.4 Å². The van der Waals surface area contributed by atoms with Crippen LogP contribution in [0.25, 0.3) is 11.0 Å². The summed E-state index contributed by atoms with van der Waals surface area (Å²) in [5.74, 6) is 4.13. The average molecular weight is 481 g/mol. The van der Waals surface area contributed by atoms with Crippen LogP contribution in [0.2, 0.25) is 0 Å². The van der Waals surface area contributed by atoms with Gasteiger partial charge < -0.3 is 29.0 Å². The number of aromatic nitrogens is 2. The number of fused-ring (bicyclic) bond motifs is 1. The first kappa shape index (κ1) is 26.5. The zero-order valence-electron chi connectivity index (χ0n) is 20.5. The van der Waals surface area contributed by atoms with Crippen molar-refractivity contribution in [1.82, 2.24) is 9.97 Å². The average Bonchev–Trinajstić information content (AvgIpc) is 2.87. The molecule has 1 heterocycles. The second-order valence-corrected chi connectivity index (χ2v) is 7.53. The van der Waals surface area contributed by atoms with E-state index in [0.29, 0.717) is 29.8 Å². The first-order chi connectivity index (χ1) is 16.9. The van der Waals surface area contributed by atoms with Crippen molar-refractivity contribution >= 4 is 11.0 Å². The molecule has 2 N–H and O–H groups in total. The van der Waals surface area contributed by atoms with E-state index in [-0.39, 0.29) is 18.9 Å². The summed E-state index contributed by atoms with van der Waals surface area (Å²) >= 11 is 0. The highest BCUT2D eigenvalue weighted by Crippen LogP contribution is 2.29. The molecule has 3 rings (SSSR count). The van der Waals surface area contributed by atoms with Crippen LogP contribution in [0.3, 0.4) is 0 Å². The van der Waals surface area contributed by atoms with E-state index in [1.165, 1.54) is 0 Å². The van der Waals surface area contributed by atoms with E-state index in [1.807, 2.05) is 13.8 Å². The molecule has 1 unspecified atom stereocenters. The van der Waals surface area contributed by atoms with Crippen molar-refractivity contribution in [2.24, 2.45) is 0 Å². The number of hydrogen-bond acceptors (Lipinski definition) is 7. The lowest BCUT2D eigenvalue weighted by atomic mass is 9.90. The Morgan fingerprint density at radius 2 is 1.49 bits per heavy atom. The smallest absolute Gasteiger partial charge is 0.287 e. The van der Waals surface area contributed by atoms with Crippen molar-refractivity contribution < 1.29 is 24.1 Å². The fraction of sp³-hybridized carbons (Fsp3) is 0.407. The Bertz CT molecular complexity index is 1200. The summed E-state index contributed by atoms with van der Waals surface area (Å²) in [5.41, 5.74) is -1.38. The van der Waals surface area contributed by atoms with E-state index in [2.05, 4.69) is 21.8 Å². The molecule has 35 heavy (non-hydrogen) atoms. The highest BCUT2D eigenvalue weighted by molar-refractivity contribution is 5.74. The zero-order chi connectivity index (χ0) is 25.3. The molecule has 8 nitrogen and oxygen atoms in total. The third-order valence-corrected chi connectivity index (χ3v) is 5.22. The fourth-order valence-corrected chi connectivity index (χ4v) is 3.71. The van der Waals surface area contributed by atoms with Gasteiger partial charge >= 0.3 is 0 Å². The van der Waals surface area contributed by atoms with Crippen LogP contribution in [-0.2, 0) is 24.5 Å². The van der Waals surface area contributed by atoms with Crippen LogP contribution < -0.4 is 5.56 Å². The van der Waals surface area contributed by atoms with Gasteiger partial charge in [-0.2, -0.15) is 0 Å². The molecule has 0 saturated heterocycles. The molecule has 0 aliphatic rings. The Labute approximate surface area is 205 Å². The lowest BCUT2D eigenvalue weighted by molar-refractivity contribution is -0.321. The van der Waals surface area contributed by atoms with Gasteiger partial charge in [0, 0.05) is 32.0 Å². The predicted molar refractivity (Wildman–Crippen MR) is 133 cm³/mol. The molecule has 0 bridgehead atoms. The standard InChI is InChI=1S/C27H32N2O6/c1-5-32-25(33-6-2)27(34-7-3,35-8-4)19-18-26(31,20-14-10-9-11-15-20)23-24(30)29-22-17-13-12-16-21(22)28-23/h9-17,25,31H,5-8H2,1-4H3,(H,29,30). The molecule has 0 fully saturated rings. The molecule has 0 radical (unpaired) electrons. The van der Waals surface area contributed by atoms with Gasteiger partial charge in [-0.25, -0.2) is 4.98 Å². The Balaban J connectivity index is 2.27. The Kier molecular flexibility index (Phi) is 9.15. The van der Waals surface area contributed by atoms with E-state index >= 15 is 0 Å². The molecule has 0 aliphatic heterocycles. The van der Waals surface area contributed by atoms with Crippen molar-refractivity contribution in [1.29, 1.82) is 0 Å². The van der Waals surface area contributed by atoms with Gasteiger partial charge in [0.15, 0.2) is 11.3 Å². The number of nitrogens with zero attached hydrogens (tertiary/aromatic N) is 1. The van der Waals surface area contributed by atoms with Crippen molar-refractivity contribution in [3.05, 3.63) is 76.2 Å². The van der Waals surface area contributed by atoms with E-state index in [1.54, 1.807) is 68.4 Å². The van der Waals surface area contributed by atoms with Gasteiger partial charge in [0.25, 0.3) is 11.3 Å². The molecular formula is C27H32N2O6. The molecule has 8 heteroatoms. The minimum atomic E-state index is -2.08. The van der Waals surface area contributed by atoms with Crippen LogP contribution in [0, 0.1) is 11.8 Å². The number of hydrogen-bond donors (Lipinski definition) is 2. The summed E-state index contributed by atoms with van der Waals surface area (Å²) in [5, 5.41) is 12.0. The maximum Gasteiger partial charge on any atom is 0.287 e. The molecule has 0 spiro atoms. The Morgan fingerprint density at radius 1 is 0.886 bits per heavy atom. The maximum atomic E-state index is 13.1. The topological polar surface area (TPSA) is 103 Å². The Morgan fingerprint density at radius 3 is 2.09 bits per heavy atom. The molecule has 1 aromatic heterocycles. The second-order valence-electron chi connectivity index (χ2n) is 7.53. The maximum absolute atomic E-state index is 13.1.